The van der Waals surface area contributed by atoms with Crippen LogP contribution in [0.25, 0.3) is 0 Å². The number of carbonyl (C=O) groups excluding carboxylic acids is 1. The van der Waals surface area contributed by atoms with E-state index >= 15 is 0 Å². The maximum Gasteiger partial charge on any atom is 0.404 e. The maximum atomic E-state index is 11.1. The molecule has 33 heavy (non-hydrogen) atoms. The number of amides is 1. The van der Waals surface area contributed by atoms with Gasteiger partial charge >= 0.3 is 12.1 Å². The van der Waals surface area contributed by atoms with Crippen LogP contribution >= 0.6 is 0 Å². The van der Waals surface area contributed by atoms with E-state index in [9.17, 15) is 4.79 Å². The Kier molecular flexibility index (Phi) is 9.12. The average molecular weight is 458 g/mol. The fourth-order valence-corrected chi connectivity index (χ4v) is 4.15. The maximum absolute atomic E-state index is 11.1. The zero-order valence-corrected chi connectivity index (χ0v) is 19.8. The predicted octanol–water partition coefficient (Wildman–Crippen LogP) is 4.21. The van der Waals surface area contributed by atoms with Gasteiger partial charge in [0.1, 0.15) is 6.61 Å². The van der Waals surface area contributed by atoms with Crippen LogP contribution in [-0.2, 0) is 9.47 Å². The number of ether oxygens (including phenoxy) is 3. The number of aromatic nitrogens is 2. The lowest BCUT2D eigenvalue weighted by atomic mass is 9.95. The Hall–Kier alpha value is -3.07. The summed E-state index contributed by atoms with van der Waals surface area (Å²) in [6.45, 7) is 9.32. The Bertz CT molecular complexity index is 887. The van der Waals surface area contributed by atoms with Crippen molar-refractivity contribution in [3.63, 3.8) is 0 Å². The Morgan fingerprint density at radius 2 is 1.97 bits per heavy atom. The third-order valence-electron chi connectivity index (χ3n) is 5.87. The lowest BCUT2D eigenvalue weighted by Gasteiger charge is -2.37. The zero-order valence-electron chi connectivity index (χ0n) is 19.8. The first kappa shape index (κ1) is 24.6. The topological polar surface area (TPSA) is 112 Å². The van der Waals surface area contributed by atoms with Crippen LogP contribution in [0, 0.1) is 0 Å². The number of nitrogens with one attached hydrogen (secondary N) is 1. The normalized spacial score (nSPS) is 15.0. The number of benzene rings is 1. The lowest BCUT2D eigenvalue weighted by molar-refractivity contribution is 0.0846. The monoisotopic (exact) mass is 457 g/mol. The summed E-state index contributed by atoms with van der Waals surface area (Å²) in [7, 11) is 0. The second kappa shape index (κ2) is 12.2. The van der Waals surface area contributed by atoms with Crippen molar-refractivity contribution in [3.8, 4) is 6.01 Å². The summed E-state index contributed by atoms with van der Waals surface area (Å²) in [5, 5.41) is 3.49. The second-order valence-electron chi connectivity index (χ2n) is 7.95. The molecule has 1 aliphatic rings. The molecule has 2 heterocycles. The molecule has 0 saturated carbocycles. The number of nitrogens with zero attached hydrogens (tertiary/aromatic N) is 3. The van der Waals surface area contributed by atoms with Gasteiger partial charge in [-0.2, -0.15) is 0 Å². The number of nitrogens with two attached hydrogens (primary N) is 1. The standard InChI is InChI=1S/C24H35N5O4/c1-4-17(16-33-23(25)30)18-7-8-22(29(5-2)20-9-11-31-12-10-20)21(13-18)28-19-14-26-24(27-15-19)32-6-3/h7-8,13-15,17,20,28H,4-6,9-12,16H2,1-3H3,(H2,25,30). The number of hydrogen-bond acceptors (Lipinski definition) is 8. The van der Waals surface area contributed by atoms with Gasteiger partial charge in [-0.05, 0) is 50.8 Å². The van der Waals surface area contributed by atoms with Gasteiger partial charge in [0.05, 0.1) is 36.1 Å². The highest BCUT2D eigenvalue weighted by Crippen LogP contribution is 2.35. The van der Waals surface area contributed by atoms with Crippen LogP contribution in [0.3, 0.4) is 0 Å². The molecule has 1 unspecified atom stereocenters. The molecule has 9 heteroatoms. The van der Waals surface area contributed by atoms with Crippen molar-refractivity contribution < 1.29 is 19.0 Å². The van der Waals surface area contributed by atoms with E-state index in [1.165, 1.54) is 0 Å². The van der Waals surface area contributed by atoms with Gasteiger partial charge in [0, 0.05) is 31.7 Å². The Morgan fingerprint density at radius 1 is 1.24 bits per heavy atom. The minimum absolute atomic E-state index is 0.0434. The molecule has 1 aliphatic heterocycles. The van der Waals surface area contributed by atoms with Gasteiger partial charge in [-0.3, -0.25) is 0 Å². The molecule has 2 aromatic rings. The van der Waals surface area contributed by atoms with Gasteiger partial charge < -0.3 is 30.2 Å². The average Bonchev–Trinajstić information content (AvgIpc) is 2.83. The van der Waals surface area contributed by atoms with E-state index in [0.717, 1.165) is 61.6 Å². The van der Waals surface area contributed by atoms with Crippen LogP contribution in [0.2, 0.25) is 0 Å². The summed E-state index contributed by atoms with van der Waals surface area (Å²) < 4.78 is 16.0. The van der Waals surface area contributed by atoms with E-state index in [0.29, 0.717) is 18.7 Å². The molecule has 3 N–H and O–H groups in total. The highest BCUT2D eigenvalue weighted by atomic mass is 16.5. The third-order valence-corrected chi connectivity index (χ3v) is 5.87. The highest BCUT2D eigenvalue weighted by Gasteiger charge is 2.24. The van der Waals surface area contributed by atoms with Gasteiger partial charge in [-0.25, -0.2) is 14.8 Å². The van der Waals surface area contributed by atoms with Crippen molar-refractivity contribution in [2.75, 3.05) is 43.2 Å². The Balaban J connectivity index is 1.93. The number of carbonyl (C=O) groups is 1. The number of anilines is 3. The van der Waals surface area contributed by atoms with Crippen molar-refractivity contribution in [2.24, 2.45) is 5.73 Å². The molecule has 1 aromatic heterocycles. The minimum Gasteiger partial charge on any atom is -0.464 e. The van der Waals surface area contributed by atoms with Gasteiger partial charge in [-0.1, -0.05) is 13.0 Å². The Morgan fingerprint density at radius 3 is 2.58 bits per heavy atom. The van der Waals surface area contributed by atoms with Crippen molar-refractivity contribution in [2.45, 2.75) is 52.0 Å². The van der Waals surface area contributed by atoms with E-state index in [1.807, 2.05) is 6.92 Å². The predicted molar refractivity (Wildman–Crippen MR) is 128 cm³/mol. The molecule has 0 aliphatic carbocycles. The summed E-state index contributed by atoms with van der Waals surface area (Å²) in [5.74, 6) is 0.0434. The fraction of sp³-hybridized carbons (Fsp3) is 0.542. The second-order valence-corrected chi connectivity index (χ2v) is 7.95. The SMILES string of the molecule is CCOc1ncc(Nc2cc(C(CC)COC(N)=O)ccc2N(CC)C2CCOCC2)cn1. The number of hydrogen-bond donors (Lipinski definition) is 2. The molecule has 1 fully saturated rings. The smallest absolute Gasteiger partial charge is 0.404 e. The molecule has 1 saturated heterocycles. The first-order valence-corrected chi connectivity index (χ1v) is 11.7. The molecule has 0 radical (unpaired) electrons. The number of primary amides is 1. The number of rotatable bonds is 11. The largest absolute Gasteiger partial charge is 0.464 e. The van der Waals surface area contributed by atoms with E-state index in [4.69, 9.17) is 19.9 Å². The van der Waals surface area contributed by atoms with Crippen LogP contribution in [0.5, 0.6) is 6.01 Å². The quantitative estimate of drug-likeness (QED) is 0.516. The van der Waals surface area contributed by atoms with Crippen molar-refractivity contribution >= 4 is 23.2 Å². The van der Waals surface area contributed by atoms with Crippen molar-refractivity contribution in [1.29, 1.82) is 0 Å². The summed E-state index contributed by atoms with van der Waals surface area (Å²) in [4.78, 5) is 22.1. The molecule has 0 bridgehead atoms. The Labute approximate surface area is 195 Å². The van der Waals surface area contributed by atoms with Gasteiger partial charge in [0.2, 0.25) is 0 Å². The van der Waals surface area contributed by atoms with Gasteiger partial charge in [-0.15, -0.1) is 0 Å². The van der Waals surface area contributed by atoms with E-state index in [-0.39, 0.29) is 12.5 Å². The summed E-state index contributed by atoms with van der Waals surface area (Å²) in [6, 6.07) is 7.12. The van der Waals surface area contributed by atoms with Crippen LogP contribution < -0.4 is 20.7 Å². The molecule has 3 rings (SSSR count). The van der Waals surface area contributed by atoms with Crippen molar-refractivity contribution in [3.05, 3.63) is 36.2 Å². The summed E-state index contributed by atoms with van der Waals surface area (Å²) in [6.07, 6.45) is 5.47. The van der Waals surface area contributed by atoms with Crippen LogP contribution in [-0.4, -0.2) is 55.1 Å². The molecule has 1 atom stereocenters. The summed E-state index contributed by atoms with van der Waals surface area (Å²) in [5.41, 5.74) is 9.08. The van der Waals surface area contributed by atoms with Crippen LogP contribution in [0.1, 0.15) is 51.5 Å². The molecule has 1 amide bonds. The van der Waals surface area contributed by atoms with Gasteiger partial charge in [0.15, 0.2) is 0 Å². The van der Waals surface area contributed by atoms with E-state index in [1.54, 1.807) is 12.4 Å². The first-order valence-electron chi connectivity index (χ1n) is 11.7. The minimum atomic E-state index is -0.758. The van der Waals surface area contributed by atoms with Crippen molar-refractivity contribution in [1.82, 2.24) is 9.97 Å². The lowest BCUT2D eigenvalue weighted by Crippen LogP contribution is -2.39. The fourth-order valence-electron chi connectivity index (χ4n) is 4.15. The first-order chi connectivity index (χ1) is 16.0. The van der Waals surface area contributed by atoms with Crippen LogP contribution in [0.15, 0.2) is 30.6 Å². The third kappa shape index (κ3) is 6.71. The molecule has 180 valence electrons. The highest BCUT2D eigenvalue weighted by molar-refractivity contribution is 5.76. The molecule has 1 aromatic carbocycles. The molecular weight excluding hydrogens is 422 g/mol. The molecule has 0 spiro atoms. The van der Waals surface area contributed by atoms with Crippen LogP contribution in [0.4, 0.5) is 21.9 Å². The molecular formula is C24H35N5O4. The zero-order chi connectivity index (χ0) is 23.6. The van der Waals surface area contributed by atoms with E-state index in [2.05, 4.69) is 52.2 Å². The van der Waals surface area contributed by atoms with E-state index < -0.39 is 6.09 Å². The summed E-state index contributed by atoms with van der Waals surface area (Å²) >= 11 is 0. The van der Waals surface area contributed by atoms with Gasteiger partial charge in [0.25, 0.3) is 0 Å². The molecule has 9 nitrogen and oxygen atoms in total.